The predicted octanol–water partition coefficient (Wildman–Crippen LogP) is 2.75. The molecule has 1 aliphatic rings. The second-order valence-electron chi connectivity index (χ2n) is 6.60. The molecule has 136 valence electrons. The summed E-state index contributed by atoms with van der Waals surface area (Å²) in [6.07, 6.45) is 6.02. The first-order valence-electron chi connectivity index (χ1n) is 8.66. The molecule has 1 atom stereocenters. The molecule has 0 radical (unpaired) electrons. The molecule has 4 rings (SSSR count). The maximum Gasteiger partial charge on any atom is 0.220 e. The number of aromatic nitrogens is 4. The van der Waals surface area contributed by atoms with Crippen LogP contribution >= 0.6 is 0 Å². The minimum atomic E-state index is -0.0380. The molecule has 1 aromatic carbocycles. The zero-order valence-electron chi connectivity index (χ0n) is 15.1. The van der Waals surface area contributed by atoms with Crippen molar-refractivity contribution in [3.63, 3.8) is 0 Å². The van der Waals surface area contributed by atoms with Crippen molar-refractivity contribution in [2.45, 2.75) is 25.7 Å². The molecule has 0 fully saturated rings. The Kier molecular flexibility index (Phi) is 4.27. The Hall–Kier alpha value is -3.35. The van der Waals surface area contributed by atoms with Gasteiger partial charge in [0, 0.05) is 24.4 Å². The van der Waals surface area contributed by atoms with Gasteiger partial charge in [-0.2, -0.15) is 0 Å². The van der Waals surface area contributed by atoms with Gasteiger partial charge < -0.3 is 10.5 Å². The number of aryl methyl sites for hydroxylation is 1. The predicted molar refractivity (Wildman–Crippen MR) is 101 cm³/mol. The van der Waals surface area contributed by atoms with Crippen LogP contribution in [0.3, 0.4) is 0 Å². The highest BCUT2D eigenvalue weighted by Crippen LogP contribution is 2.39. The molecule has 2 aromatic heterocycles. The first kappa shape index (κ1) is 17.1. The smallest absolute Gasteiger partial charge is 0.220 e. The van der Waals surface area contributed by atoms with Gasteiger partial charge in [0.15, 0.2) is 5.78 Å². The monoisotopic (exact) mass is 361 g/mol. The molecule has 0 bridgehead atoms. The van der Waals surface area contributed by atoms with Crippen molar-refractivity contribution >= 4 is 11.7 Å². The number of fused-ring (bicyclic) bond motifs is 1. The van der Waals surface area contributed by atoms with E-state index in [-0.39, 0.29) is 17.6 Å². The number of ketones is 1. The fraction of sp³-hybridized carbons (Fsp3) is 0.250. The van der Waals surface area contributed by atoms with Crippen molar-refractivity contribution in [3.8, 4) is 16.9 Å². The number of benzene rings is 1. The summed E-state index contributed by atoms with van der Waals surface area (Å²) < 4.78 is 5.41. The Morgan fingerprint density at radius 1 is 1.15 bits per heavy atom. The third-order valence-corrected chi connectivity index (χ3v) is 4.90. The average molecular weight is 361 g/mol. The van der Waals surface area contributed by atoms with Gasteiger partial charge in [0.25, 0.3) is 0 Å². The van der Waals surface area contributed by atoms with Gasteiger partial charge in [0.1, 0.15) is 12.1 Å². The molecule has 2 N–H and O–H groups in total. The fourth-order valence-electron chi connectivity index (χ4n) is 3.72. The molecule has 0 aliphatic heterocycles. The Balaban J connectivity index is 1.82. The van der Waals surface area contributed by atoms with E-state index < -0.39 is 0 Å². The topological polar surface area (TPSA) is 104 Å². The second kappa shape index (κ2) is 6.75. The number of nitrogens with zero attached hydrogens (tertiary/aromatic N) is 4. The van der Waals surface area contributed by atoms with Gasteiger partial charge in [0.05, 0.1) is 24.1 Å². The van der Waals surface area contributed by atoms with E-state index in [1.807, 2.05) is 18.2 Å². The largest absolute Gasteiger partial charge is 0.497 e. The summed E-state index contributed by atoms with van der Waals surface area (Å²) in [7, 11) is 1.63. The molecule has 0 spiro atoms. The minimum absolute atomic E-state index is 0.0380. The van der Waals surface area contributed by atoms with Crippen molar-refractivity contribution in [3.05, 3.63) is 59.4 Å². The lowest BCUT2D eigenvalue weighted by Gasteiger charge is -2.26. The number of ether oxygens (including phenoxy) is 1. The molecule has 2 heterocycles. The second-order valence-corrected chi connectivity index (χ2v) is 6.60. The van der Waals surface area contributed by atoms with E-state index >= 15 is 0 Å². The molecule has 0 saturated heterocycles. The van der Waals surface area contributed by atoms with Crippen LogP contribution in [-0.4, -0.2) is 32.8 Å². The van der Waals surface area contributed by atoms with E-state index in [2.05, 4.69) is 19.9 Å². The van der Waals surface area contributed by atoms with E-state index in [0.29, 0.717) is 29.8 Å². The van der Waals surface area contributed by atoms with Gasteiger partial charge in [-0.3, -0.25) is 4.79 Å². The number of nitrogens with two attached hydrogens (primary N) is 1. The van der Waals surface area contributed by atoms with E-state index in [4.69, 9.17) is 10.5 Å². The van der Waals surface area contributed by atoms with Crippen LogP contribution in [0.5, 0.6) is 5.75 Å². The van der Waals surface area contributed by atoms with Crippen molar-refractivity contribution in [1.29, 1.82) is 0 Å². The number of nitrogen functional groups attached to an aromatic ring is 1. The van der Waals surface area contributed by atoms with Gasteiger partial charge in [-0.25, -0.2) is 19.9 Å². The van der Waals surface area contributed by atoms with Crippen molar-refractivity contribution < 1.29 is 9.53 Å². The van der Waals surface area contributed by atoms with E-state index in [1.54, 1.807) is 26.4 Å². The molecule has 0 saturated carbocycles. The molecule has 1 aliphatic carbocycles. The van der Waals surface area contributed by atoms with Crippen LogP contribution in [0.4, 0.5) is 5.95 Å². The quantitative estimate of drug-likeness (QED) is 0.765. The van der Waals surface area contributed by atoms with E-state index in [9.17, 15) is 4.79 Å². The number of hydrogen-bond donors (Lipinski definition) is 1. The van der Waals surface area contributed by atoms with Gasteiger partial charge in [-0.05, 0) is 42.5 Å². The summed E-state index contributed by atoms with van der Waals surface area (Å²) in [4.78, 5) is 29.5. The SMILES string of the molecule is COc1ccc(-c2cncnc2)c(C2CC(=O)c3c(C)nc(N)nc3C2)c1. The molecule has 1 unspecified atom stereocenters. The summed E-state index contributed by atoms with van der Waals surface area (Å²) in [6.45, 7) is 1.80. The number of Topliss-reactive ketones (excluding diaryl/α,β-unsaturated/α-hetero) is 1. The third-order valence-electron chi connectivity index (χ3n) is 4.90. The Morgan fingerprint density at radius 2 is 1.93 bits per heavy atom. The lowest BCUT2D eigenvalue weighted by atomic mass is 9.79. The standard InChI is InChI=1S/C20H19N5O2/c1-11-19-17(25-20(21)24-11)5-12(6-18(19)26)16-7-14(27-2)3-4-15(16)13-8-22-10-23-9-13/h3-4,7-10,12H,5-6H2,1-2H3,(H2,21,24,25). The van der Waals surface area contributed by atoms with Crippen LogP contribution < -0.4 is 10.5 Å². The number of anilines is 1. The molecule has 7 nitrogen and oxygen atoms in total. The van der Waals surface area contributed by atoms with Crippen LogP contribution in [-0.2, 0) is 6.42 Å². The van der Waals surface area contributed by atoms with Crippen molar-refractivity contribution in [2.24, 2.45) is 0 Å². The Morgan fingerprint density at radius 3 is 2.67 bits per heavy atom. The summed E-state index contributed by atoms with van der Waals surface area (Å²) in [6, 6.07) is 5.85. The van der Waals surface area contributed by atoms with Crippen LogP contribution in [0.15, 0.2) is 36.9 Å². The zero-order chi connectivity index (χ0) is 19.0. The zero-order valence-corrected chi connectivity index (χ0v) is 15.1. The Labute approximate surface area is 156 Å². The van der Waals surface area contributed by atoms with Gasteiger partial charge in [-0.15, -0.1) is 0 Å². The number of carbonyl (C=O) groups excluding carboxylic acids is 1. The van der Waals surface area contributed by atoms with Crippen LogP contribution in [0.2, 0.25) is 0 Å². The first-order chi connectivity index (χ1) is 13.1. The van der Waals surface area contributed by atoms with Gasteiger partial charge in [0.2, 0.25) is 5.95 Å². The maximum absolute atomic E-state index is 12.8. The highest BCUT2D eigenvalue weighted by molar-refractivity contribution is 6.00. The van der Waals surface area contributed by atoms with Gasteiger partial charge in [-0.1, -0.05) is 6.07 Å². The van der Waals surface area contributed by atoms with Crippen LogP contribution in [0, 0.1) is 6.92 Å². The van der Waals surface area contributed by atoms with Crippen molar-refractivity contribution in [2.75, 3.05) is 12.8 Å². The molecular formula is C20H19N5O2. The maximum atomic E-state index is 12.8. The third kappa shape index (κ3) is 3.12. The molecule has 3 aromatic rings. The summed E-state index contributed by atoms with van der Waals surface area (Å²) >= 11 is 0. The lowest BCUT2D eigenvalue weighted by Crippen LogP contribution is -2.23. The fourth-order valence-corrected chi connectivity index (χ4v) is 3.72. The van der Waals surface area contributed by atoms with E-state index in [0.717, 1.165) is 22.4 Å². The molecule has 7 heteroatoms. The number of carbonyl (C=O) groups is 1. The molecular weight excluding hydrogens is 342 g/mol. The highest BCUT2D eigenvalue weighted by Gasteiger charge is 2.31. The molecule has 27 heavy (non-hydrogen) atoms. The first-order valence-corrected chi connectivity index (χ1v) is 8.66. The normalized spacial score (nSPS) is 16.1. The number of hydrogen-bond acceptors (Lipinski definition) is 7. The van der Waals surface area contributed by atoms with Gasteiger partial charge >= 0.3 is 0 Å². The number of methoxy groups -OCH3 is 1. The lowest BCUT2D eigenvalue weighted by molar-refractivity contribution is 0.0962. The van der Waals surface area contributed by atoms with Crippen LogP contribution in [0.25, 0.3) is 11.1 Å². The summed E-state index contributed by atoms with van der Waals surface area (Å²) in [5.41, 5.74) is 10.7. The average Bonchev–Trinajstić information content (AvgIpc) is 2.67. The summed E-state index contributed by atoms with van der Waals surface area (Å²) in [5, 5.41) is 0. The van der Waals surface area contributed by atoms with E-state index in [1.165, 1.54) is 6.33 Å². The Bertz CT molecular complexity index is 1020. The minimum Gasteiger partial charge on any atom is -0.497 e. The van der Waals surface area contributed by atoms with Crippen molar-refractivity contribution in [1.82, 2.24) is 19.9 Å². The van der Waals surface area contributed by atoms with Crippen LogP contribution in [0.1, 0.15) is 39.6 Å². The molecule has 0 amide bonds. The highest BCUT2D eigenvalue weighted by atomic mass is 16.5. The summed E-state index contributed by atoms with van der Waals surface area (Å²) in [5.74, 6) is 0.935. The number of rotatable bonds is 3.